The molecule has 2 aromatic carbocycles. The van der Waals surface area contributed by atoms with E-state index in [9.17, 15) is 19.5 Å². The van der Waals surface area contributed by atoms with Gasteiger partial charge >= 0.3 is 0 Å². The molecule has 0 unspecified atom stereocenters. The standard InChI is InChI=1S/C33H42FN3O5Si/c1-22-31(43(2,3)34)28(19-30(40)36-17-9-12-25(36)21-38)42-33(22)26-18-24(35-16-8-7-13-29(35)39)14-15-27(26)37(32(33)41)20-23-10-5-4-6-11-23/h4-6,10-11,14-15,18,22,25,28,31,38H,7-9,12-13,16-17,19-21H2,1-3H3/t22-,25-,28+,31-,33+/m0/s1. The molecule has 4 aliphatic rings. The first-order chi connectivity index (χ1) is 20.6. The normalized spacial score (nSPS) is 29.2. The van der Waals surface area contributed by atoms with Crippen LogP contribution >= 0.6 is 0 Å². The minimum Gasteiger partial charge on any atom is -0.394 e. The lowest BCUT2D eigenvalue weighted by atomic mass is 9.82. The molecule has 4 aliphatic heterocycles. The molecule has 0 saturated carbocycles. The molecule has 2 aromatic rings. The molecule has 0 aliphatic carbocycles. The zero-order valence-corrected chi connectivity index (χ0v) is 26.3. The van der Waals surface area contributed by atoms with Crippen molar-refractivity contribution in [3.05, 3.63) is 59.7 Å². The van der Waals surface area contributed by atoms with Crippen molar-refractivity contribution >= 4 is 37.5 Å². The number of aliphatic hydroxyl groups is 1. The van der Waals surface area contributed by atoms with Crippen LogP contribution in [0.4, 0.5) is 15.5 Å². The summed E-state index contributed by atoms with van der Waals surface area (Å²) < 4.78 is 23.1. The monoisotopic (exact) mass is 607 g/mol. The number of rotatable bonds is 7. The van der Waals surface area contributed by atoms with E-state index >= 15 is 4.11 Å². The largest absolute Gasteiger partial charge is 0.394 e. The molecule has 10 heteroatoms. The number of likely N-dealkylation sites (tertiary alicyclic amines) is 1. The number of ether oxygens (including phenoxy) is 1. The van der Waals surface area contributed by atoms with Gasteiger partial charge in [0.1, 0.15) is 0 Å². The highest BCUT2D eigenvalue weighted by molar-refractivity contribution is 6.72. The quantitative estimate of drug-likeness (QED) is 0.357. The average Bonchev–Trinajstić information content (AvgIpc) is 3.64. The minimum absolute atomic E-state index is 0.0425. The first-order valence-electron chi connectivity index (χ1n) is 15.6. The van der Waals surface area contributed by atoms with Gasteiger partial charge < -0.3 is 28.7 Å². The Morgan fingerprint density at radius 1 is 1.09 bits per heavy atom. The van der Waals surface area contributed by atoms with Crippen molar-refractivity contribution in [1.29, 1.82) is 0 Å². The number of carbonyl (C=O) groups excluding carboxylic acids is 3. The van der Waals surface area contributed by atoms with Crippen molar-refractivity contribution in [2.75, 3.05) is 29.5 Å². The third kappa shape index (κ3) is 5.11. The van der Waals surface area contributed by atoms with Gasteiger partial charge in [-0.15, -0.1) is 0 Å². The predicted molar refractivity (Wildman–Crippen MR) is 165 cm³/mol. The highest BCUT2D eigenvalue weighted by atomic mass is 28.4. The molecule has 0 bridgehead atoms. The molecular weight excluding hydrogens is 565 g/mol. The summed E-state index contributed by atoms with van der Waals surface area (Å²) in [7, 11) is -3.46. The molecule has 3 amide bonds. The Kier molecular flexibility index (Phi) is 7.98. The van der Waals surface area contributed by atoms with Crippen molar-refractivity contribution in [3.63, 3.8) is 0 Å². The number of hydrogen-bond donors (Lipinski definition) is 1. The van der Waals surface area contributed by atoms with Gasteiger partial charge in [0, 0.05) is 42.2 Å². The van der Waals surface area contributed by atoms with Crippen LogP contribution in [0.1, 0.15) is 56.6 Å². The van der Waals surface area contributed by atoms with Gasteiger partial charge in [-0.2, -0.15) is 0 Å². The van der Waals surface area contributed by atoms with Crippen LogP contribution in [0.15, 0.2) is 48.5 Å². The zero-order chi connectivity index (χ0) is 30.5. The number of anilines is 2. The molecular formula is C33H42FN3O5Si. The summed E-state index contributed by atoms with van der Waals surface area (Å²) in [5.41, 5.74) is 0.908. The second-order valence-electron chi connectivity index (χ2n) is 13.1. The molecule has 3 saturated heterocycles. The lowest BCUT2D eigenvalue weighted by molar-refractivity contribution is -0.150. The smallest absolute Gasteiger partial charge is 0.264 e. The second kappa shape index (κ2) is 11.4. The Bertz CT molecular complexity index is 1400. The van der Waals surface area contributed by atoms with Crippen LogP contribution in [-0.4, -0.2) is 68.0 Å². The topological polar surface area (TPSA) is 90.4 Å². The molecule has 8 nitrogen and oxygen atoms in total. The number of nitrogens with zero attached hydrogens (tertiary/aromatic N) is 3. The zero-order valence-electron chi connectivity index (χ0n) is 25.3. The summed E-state index contributed by atoms with van der Waals surface area (Å²) in [6, 6.07) is 15.2. The van der Waals surface area contributed by atoms with E-state index in [0.29, 0.717) is 43.0 Å². The number of carbonyl (C=O) groups is 3. The highest BCUT2D eigenvalue weighted by Gasteiger charge is 2.67. The maximum atomic E-state index is 16.3. The number of hydrogen-bond acceptors (Lipinski definition) is 5. The van der Waals surface area contributed by atoms with Gasteiger partial charge in [-0.3, -0.25) is 14.4 Å². The molecule has 1 N–H and O–H groups in total. The van der Waals surface area contributed by atoms with Gasteiger partial charge in [0.05, 0.1) is 37.4 Å². The van der Waals surface area contributed by atoms with Gasteiger partial charge in [0.2, 0.25) is 20.2 Å². The van der Waals surface area contributed by atoms with Gasteiger partial charge in [0.15, 0.2) is 5.60 Å². The van der Waals surface area contributed by atoms with Crippen LogP contribution < -0.4 is 9.80 Å². The summed E-state index contributed by atoms with van der Waals surface area (Å²) in [6.45, 7) is 6.53. The van der Waals surface area contributed by atoms with Crippen LogP contribution in [0.2, 0.25) is 18.6 Å². The molecule has 0 aromatic heterocycles. The molecule has 4 heterocycles. The lowest BCUT2D eigenvalue weighted by Crippen LogP contribution is -2.45. The lowest BCUT2D eigenvalue weighted by Gasteiger charge is -2.32. The van der Waals surface area contributed by atoms with Crippen LogP contribution in [0.3, 0.4) is 0 Å². The van der Waals surface area contributed by atoms with E-state index in [1.165, 1.54) is 0 Å². The van der Waals surface area contributed by atoms with E-state index in [2.05, 4.69) is 0 Å². The Labute approximate surface area is 254 Å². The van der Waals surface area contributed by atoms with Crippen molar-refractivity contribution in [2.45, 2.75) is 88.4 Å². The Morgan fingerprint density at radius 3 is 2.56 bits per heavy atom. The van der Waals surface area contributed by atoms with Crippen molar-refractivity contribution in [1.82, 2.24) is 4.90 Å². The van der Waals surface area contributed by atoms with Crippen molar-refractivity contribution in [2.24, 2.45) is 5.92 Å². The summed E-state index contributed by atoms with van der Waals surface area (Å²) in [4.78, 5) is 46.3. The predicted octanol–water partition coefficient (Wildman–Crippen LogP) is 4.90. The minimum atomic E-state index is -3.46. The molecule has 43 heavy (non-hydrogen) atoms. The fourth-order valence-electron chi connectivity index (χ4n) is 8.05. The molecule has 0 radical (unpaired) electrons. The van der Waals surface area contributed by atoms with Gasteiger partial charge in [0.25, 0.3) is 5.91 Å². The van der Waals surface area contributed by atoms with E-state index in [-0.39, 0.29) is 36.8 Å². The Balaban J connectivity index is 1.43. The van der Waals surface area contributed by atoms with Crippen molar-refractivity contribution < 1.29 is 28.3 Å². The van der Waals surface area contributed by atoms with Crippen molar-refractivity contribution in [3.8, 4) is 0 Å². The molecule has 1 spiro atoms. The first kappa shape index (κ1) is 30.0. The van der Waals surface area contributed by atoms with E-state index in [1.807, 2.05) is 55.5 Å². The summed E-state index contributed by atoms with van der Waals surface area (Å²) in [6.07, 6.45) is 2.96. The summed E-state index contributed by atoms with van der Waals surface area (Å²) >= 11 is 0. The number of fused-ring (bicyclic) bond motifs is 2. The van der Waals surface area contributed by atoms with Crippen LogP contribution in [0, 0.1) is 5.92 Å². The average molecular weight is 608 g/mol. The summed E-state index contributed by atoms with van der Waals surface area (Å²) in [5, 5.41) is 9.83. The van der Waals surface area contributed by atoms with Gasteiger partial charge in [-0.1, -0.05) is 37.3 Å². The Morgan fingerprint density at radius 2 is 1.86 bits per heavy atom. The number of amides is 3. The van der Waals surface area contributed by atoms with E-state index < -0.39 is 31.6 Å². The van der Waals surface area contributed by atoms with Crippen LogP contribution in [0.5, 0.6) is 0 Å². The summed E-state index contributed by atoms with van der Waals surface area (Å²) in [5.74, 6) is -0.917. The maximum absolute atomic E-state index is 16.3. The number of benzene rings is 2. The SMILES string of the molecule is C[C@H]1[C@H]([Si](C)(C)F)[C@@H](CC(=O)N2CCC[C@H]2CO)O[C@]12C(=O)N(Cc1ccccc1)c1ccc(N3CCCCC3=O)cc12. The van der Waals surface area contributed by atoms with Crippen LogP contribution in [0.25, 0.3) is 0 Å². The fourth-order valence-corrected chi connectivity index (χ4v) is 10.5. The fraction of sp³-hybridized carbons (Fsp3) is 0.545. The molecule has 5 atom stereocenters. The van der Waals surface area contributed by atoms with E-state index in [1.54, 1.807) is 27.8 Å². The van der Waals surface area contributed by atoms with E-state index in [4.69, 9.17) is 4.74 Å². The molecule has 3 fully saturated rings. The van der Waals surface area contributed by atoms with Crippen LogP contribution in [-0.2, 0) is 31.3 Å². The van der Waals surface area contributed by atoms with Gasteiger partial charge in [-0.05, 0) is 62.5 Å². The Hall–Kier alpha value is -3.08. The first-order valence-corrected chi connectivity index (χ1v) is 18.6. The highest BCUT2D eigenvalue weighted by Crippen LogP contribution is 2.61. The molecule has 6 rings (SSSR count). The second-order valence-corrected chi connectivity index (χ2v) is 16.9. The third-order valence-electron chi connectivity index (χ3n) is 10.0. The molecule has 230 valence electrons. The number of halogens is 1. The number of piperidine rings is 1. The number of aliphatic hydroxyl groups excluding tert-OH is 1. The van der Waals surface area contributed by atoms with E-state index in [0.717, 1.165) is 31.2 Å². The van der Waals surface area contributed by atoms with Gasteiger partial charge in [-0.25, -0.2) is 0 Å². The maximum Gasteiger partial charge on any atom is 0.264 e. The third-order valence-corrected chi connectivity index (χ3v) is 12.5.